The first-order chi connectivity index (χ1) is 14.8. The summed E-state index contributed by atoms with van der Waals surface area (Å²) in [6.45, 7) is 0. The van der Waals surface area contributed by atoms with Crippen LogP contribution < -0.4 is 20.1 Å². The van der Waals surface area contributed by atoms with Crippen molar-refractivity contribution in [3.8, 4) is 17.2 Å². The van der Waals surface area contributed by atoms with Gasteiger partial charge in [-0.3, -0.25) is 25.0 Å². The molecule has 2 saturated heterocycles. The number of aliphatic carboxylic acids is 1. The number of carbonyl (C=O) groups excluding carboxylic acids is 2. The lowest BCUT2D eigenvalue weighted by Gasteiger charge is -2.30. The largest absolute Gasteiger partial charge is 0.502 e. The Morgan fingerprint density at radius 1 is 1.06 bits per heavy atom. The fraction of sp³-hybridized carbons (Fsp3) is 0.318. The van der Waals surface area contributed by atoms with E-state index >= 15 is 0 Å². The Kier molecular flexibility index (Phi) is 5.06. The highest BCUT2D eigenvalue weighted by Crippen LogP contribution is 2.49. The van der Waals surface area contributed by atoms with E-state index in [1.54, 1.807) is 24.3 Å². The van der Waals surface area contributed by atoms with Crippen molar-refractivity contribution in [3.63, 3.8) is 0 Å². The third-order valence-corrected chi connectivity index (χ3v) is 6.06. The number of fused-ring (bicyclic) bond motifs is 1. The van der Waals surface area contributed by atoms with Crippen molar-refractivity contribution >= 4 is 17.8 Å². The summed E-state index contributed by atoms with van der Waals surface area (Å²) in [4.78, 5) is 38.0. The van der Waals surface area contributed by atoms with Crippen LogP contribution in [0.3, 0.4) is 0 Å². The van der Waals surface area contributed by atoms with E-state index in [-0.39, 0.29) is 23.7 Å². The molecule has 4 unspecified atom stereocenters. The zero-order chi connectivity index (χ0) is 22.3. The normalized spacial score (nSPS) is 27.0. The molecule has 162 valence electrons. The van der Waals surface area contributed by atoms with Gasteiger partial charge >= 0.3 is 5.97 Å². The minimum Gasteiger partial charge on any atom is -0.502 e. The van der Waals surface area contributed by atoms with Crippen LogP contribution in [0.1, 0.15) is 17.2 Å². The molecule has 2 aromatic carbocycles. The van der Waals surface area contributed by atoms with E-state index < -0.39 is 41.2 Å². The molecule has 0 aromatic heterocycles. The SMILES string of the molecule is COc1cc(C2NC(Cc3ccccc3)(C(=O)O)C3C(=O)NC(=O)C23)cc(OC)c1O. The smallest absolute Gasteiger partial charge is 0.325 e. The highest BCUT2D eigenvalue weighted by molar-refractivity contribution is 6.09. The zero-order valence-corrected chi connectivity index (χ0v) is 16.9. The molecular weight excluding hydrogens is 404 g/mol. The van der Waals surface area contributed by atoms with Crippen molar-refractivity contribution in [2.24, 2.45) is 11.8 Å². The number of imide groups is 1. The molecule has 0 spiro atoms. The highest BCUT2D eigenvalue weighted by atomic mass is 16.5. The number of carboxylic acid groups (broad SMARTS) is 1. The van der Waals surface area contributed by atoms with Gasteiger partial charge in [0, 0.05) is 12.5 Å². The molecule has 0 bridgehead atoms. The quantitative estimate of drug-likeness (QED) is 0.503. The summed E-state index contributed by atoms with van der Waals surface area (Å²) in [5.74, 6) is -4.47. The Morgan fingerprint density at radius 2 is 1.68 bits per heavy atom. The number of carbonyl (C=O) groups is 3. The van der Waals surface area contributed by atoms with Gasteiger partial charge in [0.15, 0.2) is 11.5 Å². The number of methoxy groups -OCH3 is 2. The van der Waals surface area contributed by atoms with Gasteiger partial charge in [-0.2, -0.15) is 0 Å². The molecular formula is C22H22N2O7. The number of benzene rings is 2. The Bertz CT molecular complexity index is 1030. The number of ether oxygens (including phenoxy) is 2. The number of hydrogen-bond donors (Lipinski definition) is 4. The van der Waals surface area contributed by atoms with Gasteiger partial charge in [-0.25, -0.2) is 0 Å². The van der Waals surface area contributed by atoms with E-state index in [1.165, 1.54) is 26.4 Å². The summed E-state index contributed by atoms with van der Waals surface area (Å²) in [5.41, 5.74) is -0.530. The number of aromatic hydroxyl groups is 1. The first kappa shape index (κ1) is 20.7. The molecule has 2 aliphatic rings. The topological polar surface area (TPSA) is 134 Å². The number of phenolic OH excluding ortho intramolecular Hbond substituents is 1. The molecule has 31 heavy (non-hydrogen) atoms. The van der Waals surface area contributed by atoms with Gasteiger partial charge in [-0.15, -0.1) is 0 Å². The summed E-state index contributed by atoms with van der Waals surface area (Å²) >= 11 is 0. The summed E-state index contributed by atoms with van der Waals surface area (Å²) in [6.07, 6.45) is 0.00783. The van der Waals surface area contributed by atoms with Crippen molar-refractivity contribution in [1.29, 1.82) is 0 Å². The Morgan fingerprint density at radius 3 is 2.23 bits per heavy atom. The van der Waals surface area contributed by atoms with E-state index in [9.17, 15) is 24.6 Å². The number of nitrogens with one attached hydrogen (secondary N) is 2. The number of amides is 2. The van der Waals surface area contributed by atoms with Crippen molar-refractivity contribution in [1.82, 2.24) is 10.6 Å². The Labute approximate surface area is 178 Å². The maximum absolute atomic E-state index is 12.7. The molecule has 4 atom stereocenters. The molecule has 9 nitrogen and oxygen atoms in total. The first-order valence-corrected chi connectivity index (χ1v) is 9.67. The molecule has 9 heteroatoms. The Balaban J connectivity index is 1.85. The number of carboxylic acids is 1. The van der Waals surface area contributed by atoms with Gasteiger partial charge < -0.3 is 19.7 Å². The van der Waals surface area contributed by atoms with Gasteiger partial charge in [0.2, 0.25) is 17.6 Å². The van der Waals surface area contributed by atoms with Gasteiger partial charge in [-0.1, -0.05) is 30.3 Å². The molecule has 0 saturated carbocycles. The van der Waals surface area contributed by atoms with Crippen LogP contribution >= 0.6 is 0 Å². The monoisotopic (exact) mass is 426 g/mol. The molecule has 2 amide bonds. The lowest BCUT2D eigenvalue weighted by molar-refractivity contribution is -0.149. The van der Waals surface area contributed by atoms with Gasteiger partial charge in [-0.05, 0) is 23.3 Å². The second-order valence-corrected chi connectivity index (χ2v) is 7.69. The van der Waals surface area contributed by atoms with E-state index in [0.29, 0.717) is 11.1 Å². The maximum atomic E-state index is 12.7. The second kappa shape index (κ2) is 7.59. The van der Waals surface area contributed by atoms with E-state index in [1.807, 2.05) is 6.07 Å². The van der Waals surface area contributed by atoms with Crippen LogP contribution in [0.2, 0.25) is 0 Å². The van der Waals surface area contributed by atoms with E-state index in [4.69, 9.17) is 9.47 Å². The van der Waals surface area contributed by atoms with Crippen molar-refractivity contribution in [2.75, 3.05) is 14.2 Å². The van der Waals surface area contributed by atoms with Crippen LogP contribution in [0.25, 0.3) is 0 Å². The summed E-state index contributed by atoms with van der Waals surface area (Å²) in [7, 11) is 2.73. The third kappa shape index (κ3) is 3.17. The second-order valence-electron chi connectivity index (χ2n) is 7.69. The minimum absolute atomic E-state index is 0.00783. The fourth-order valence-electron chi connectivity index (χ4n) is 4.66. The molecule has 2 aromatic rings. The van der Waals surface area contributed by atoms with Crippen molar-refractivity contribution in [3.05, 3.63) is 53.6 Å². The van der Waals surface area contributed by atoms with E-state index in [2.05, 4.69) is 10.6 Å². The van der Waals surface area contributed by atoms with Crippen LogP contribution in [-0.4, -0.2) is 47.8 Å². The van der Waals surface area contributed by atoms with Crippen molar-refractivity contribution < 1.29 is 34.1 Å². The predicted octanol–water partition coefficient (Wildman–Crippen LogP) is 1.01. The zero-order valence-electron chi connectivity index (χ0n) is 16.9. The fourth-order valence-corrected chi connectivity index (χ4v) is 4.66. The van der Waals surface area contributed by atoms with Crippen molar-refractivity contribution in [2.45, 2.75) is 18.0 Å². The van der Waals surface area contributed by atoms with Gasteiger partial charge in [0.1, 0.15) is 5.54 Å². The predicted molar refractivity (Wildman–Crippen MR) is 108 cm³/mol. The molecule has 2 fully saturated rings. The van der Waals surface area contributed by atoms with Crippen LogP contribution in [0.5, 0.6) is 17.2 Å². The number of phenols is 1. The standard InChI is InChI=1S/C22H22N2O7/c1-30-13-8-12(9-14(31-2)18(13)25)17-15-16(20(27)23-19(15)26)22(24-17,21(28)29)10-11-6-4-3-5-7-11/h3-9,15-17,24-25H,10H2,1-2H3,(H,28,29)(H,23,26,27). The Hall–Kier alpha value is -3.59. The number of rotatable bonds is 6. The molecule has 0 aliphatic carbocycles. The molecule has 2 heterocycles. The molecule has 4 rings (SSSR count). The van der Waals surface area contributed by atoms with Crippen LogP contribution in [0.15, 0.2) is 42.5 Å². The van der Waals surface area contributed by atoms with Gasteiger partial charge in [0.05, 0.1) is 26.1 Å². The summed E-state index contributed by atoms with van der Waals surface area (Å²) < 4.78 is 10.4. The average Bonchev–Trinajstić information content (AvgIpc) is 3.26. The lowest BCUT2D eigenvalue weighted by atomic mass is 9.76. The number of hydrogen-bond acceptors (Lipinski definition) is 7. The first-order valence-electron chi connectivity index (χ1n) is 9.67. The average molecular weight is 426 g/mol. The van der Waals surface area contributed by atoms with E-state index in [0.717, 1.165) is 0 Å². The van der Waals surface area contributed by atoms with Gasteiger partial charge in [0.25, 0.3) is 0 Å². The molecule has 4 N–H and O–H groups in total. The van der Waals surface area contributed by atoms with Crippen LogP contribution in [0, 0.1) is 11.8 Å². The third-order valence-electron chi connectivity index (χ3n) is 6.06. The molecule has 0 radical (unpaired) electrons. The maximum Gasteiger partial charge on any atom is 0.325 e. The minimum atomic E-state index is -1.70. The van der Waals surface area contributed by atoms with Crippen LogP contribution in [0.4, 0.5) is 0 Å². The summed E-state index contributed by atoms with van der Waals surface area (Å²) in [5, 5.41) is 25.8. The summed E-state index contributed by atoms with van der Waals surface area (Å²) in [6, 6.07) is 11.1. The van der Waals surface area contributed by atoms with Crippen LogP contribution in [-0.2, 0) is 20.8 Å². The molecule has 2 aliphatic heterocycles. The highest BCUT2D eigenvalue weighted by Gasteiger charge is 2.66. The lowest BCUT2D eigenvalue weighted by Crippen LogP contribution is -2.57.